The smallest absolute Gasteiger partial charge is 0.304 e. The Bertz CT molecular complexity index is 533. The maximum atomic E-state index is 11.0. The molecule has 0 spiro atoms. The lowest BCUT2D eigenvalue weighted by atomic mass is 10.5. The fourth-order valence-corrected chi connectivity index (χ4v) is 2.90. The minimum atomic E-state index is -3.96. The van der Waals surface area contributed by atoms with Gasteiger partial charge in [0.15, 0.2) is 0 Å². The molecule has 0 saturated carbocycles. The summed E-state index contributed by atoms with van der Waals surface area (Å²) in [6.45, 7) is 0. The average Bonchev–Trinajstić information content (AvgIpc) is 2.56. The van der Waals surface area contributed by atoms with Crippen molar-refractivity contribution in [1.29, 1.82) is 0 Å². The fraction of sp³-hybridized carbons (Fsp3) is 0.429. The van der Waals surface area contributed by atoms with Crippen LogP contribution in [0.15, 0.2) is 10.2 Å². The number of thiazole rings is 1. The predicted octanol–water partition coefficient (Wildman–Crippen LogP) is -0.621. The molecule has 1 amide bonds. The van der Waals surface area contributed by atoms with Gasteiger partial charge in [-0.15, -0.1) is 0 Å². The molecule has 0 aromatic carbocycles. The van der Waals surface area contributed by atoms with E-state index in [1.54, 1.807) is 10.1 Å². The number of nitrogens with one attached hydrogen (secondary N) is 2. The van der Waals surface area contributed by atoms with Gasteiger partial charge in [-0.1, -0.05) is 11.3 Å². The van der Waals surface area contributed by atoms with E-state index < -0.39 is 16.1 Å². The number of aromatic amines is 1. The lowest BCUT2D eigenvalue weighted by Gasteiger charge is -2.01. The monoisotopic (exact) mass is 297 g/mol. The van der Waals surface area contributed by atoms with Gasteiger partial charge in [-0.2, -0.15) is 20.2 Å². The standard InChI is InChI=1S/C7H11N3O4S3/c8-17(13,14)10-6(11)1-2-15-3-5-4-16-7(12)9-5/h4H,1-3H2,(H,9,12)(H,10,11)(H2,8,13,14). The normalized spacial score (nSPS) is 11.4. The molecule has 1 heterocycles. The average molecular weight is 297 g/mol. The van der Waals surface area contributed by atoms with Gasteiger partial charge in [0, 0.05) is 29.0 Å². The Kier molecular flexibility index (Phi) is 5.18. The Balaban J connectivity index is 2.20. The Morgan fingerprint density at radius 3 is 2.82 bits per heavy atom. The molecule has 0 radical (unpaired) electrons. The molecule has 10 heteroatoms. The van der Waals surface area contributed by atoms with E-state index in [0.717, 1.165) is 17.0 Å². The Hall–Kier alpha value is -0.840. The summed E-state index contributed by atoms with van der Waals surface area (Å²) in [6.07, 6.45) is 0.0511. The number of aromatic nitrogens is 1. The van der Waals surface area contributed by atoms with Crippen LogP contribution in [0.25, 0.3) is 0 Å². The zero-order valence-corrected chi connectivity index (χ0v) is 11.1. The lowest BCUT2D eigenvalue weighted by Crippen LogP contribution is -2.36. The highest BCUT2D eigenvalue weighted by Gasteiger charge is 2.08. The number of thioether (sulfide) groups is 1. The largest absolute Gasteiger partial charge is 0.316 e. The number of hydrogen-bond acceptors (Lipinski definition) is 6. The molecule has 96 valence electrons. The molecular weight excluding hydrogens is 286 g/mol. The van der Waals surface area contributed by atoms with Crippen molar-refractivity contribution in [2.75, 3.05) is 5.75 Å². The third-order valence-corrected chi connectivity index (χ3v) is 3.80. The molecule has 1 rings (SSSR count). The second-order valence-electron chi connectivity index (χ2n) is 3.05. The van der Waals surface area contributed by atoms with Gasteiger partial charge in [-0.05, 0) is 0 Å². The summed E-state index contributed by atoms with van der Waals surface area (Å²) in [4.78, 5) is 24.3. The summed E-state index contributed by atoms with van der Waals surface area (Å²) in [6, 6.07) is 0. The second kappa shape index (κ2) is 6.19. The molecule has 0 aliphatic carbocycles. The van der Waals surface area contributed by atoms with Crippen LogP contribution in [0.5, 0.6) is 0 Å². The lowest BCUT2D eigenvalue weighted by molar-refractivity contribution is -0.118. The maximum absolute atomic E-state index is 11.0. The summed E-state index contributed by atoms with van der Waals surface area (Å²) in [5, 5.41) is 6.34. The van der Waals surface area contributed by atoms with Crippen molar-refractivity contribution in [1.82, 2.24) is 9.71 Å². The molecule has 17 heavy (non-hydrogen) atoms. The molecule has 0 atom stereocenters. The summed E-state index contributed by atoms with van der Waals surface area (Å²) in [5.41, 5.74) is 0.789. The molecule has 7 nitrogen and oxygen atoms in total. The Labute approximate surface area is 106 Å². The van der Waals surface area contributed by atoms with Crippen LogP contribution >= 0.6 is 23.1 Å². The zero-order valence-electron chi connectivity index (χ0n) is 8.63. The second-order valence-corrected chi connectivity index (χ2v) is 6.29. The predicted molar refractivity (Wildman–Crippen MR) is 67.0 cm³/mol. The number of hydrogen-bond donors (Lipinski definition) is 3. The van der Waals surface area contributed by atoms with Crippen molar-refractivity contribution >= 4 is 39.2 Å². The quantitative estimate of drug-likeness (QED) is 0.604. The molecule has 0 bridgehead atoms. The third kappa shape index (κ3) is 6.46. The van der Waals surface area contributed by atoms with Crippen molar-refractivity contribution < 1.29 is 13.2 Å². The minimum Gasteiger partial charge on any atom is -0.316 e. The zero-order chi connectivity index (χ0) is 12.9. The highest BCUT2D eigenvalue weighted by molar-refractivity contribution is 7.98. The first-order chi connectivity index (χ1) is 7.87. The van der Waals surface area contributed by atoms with E-state index in [9.17, 15) is 18.0 Å². The molecule has 0 fully saturated rings. The van der Waals surface area contributed by atoms with Crippen molar-refractivity contribution in [3.05, 3.63) is 20.7 Å². The Morgan fingerprint density at radius 2 is 2.29 bits per heavy atom. The van der Waals surface area contributed by atoms with E-state index in [1.807, 2.05) is 0 Å². The number of carbonyl (C=O) groups excluding carboxylic acids is 1. The summed E-state index contributed by atoms with van der Waals surface area (Å²) in [7, 11) is -3.96. The van der Waals surface area contributed by atoms with Gasteiger partial charge >= 0.3 is 4.87 Å². The van der Waals surface area contributed by atoms with Crippen molar-refractivity contribution in [2.45, 2.75) is 12.2 Å². The molecule has 0 aliphatic rings. The minimum absolute atomic E-state index is 0.0511. The van der Waals surface area contributed by atoms with E-state index in [0.29, 0.717) is 11.5 Å². The van der Waals surface area contributed by atoms with Crippen LogP contribution < -0.4 is 14.7 Å². The van der Waals surface area contributed by atoms with E-state index in [4.69, 9.17) is 0 Å². The molecule has 1 aromatic heterocycles. The van der Waals surface area contributed by atoms with Crippen LogP contribution in [0.3, 0.4) is 0 Å². The van der Waals surface area contributed by atoms with Crippen LogP contribution in [-0.4, -0.2) is 25.1 Å². The number of carbonyl (C=O) groups is 1. The SMILES string of the molecule is NS(=O)(=O)NC(=O)CCSCc1csc(=O)[nH]1. The van der Waals surface area contributed by atoms with Crippen LogP contribution in [0.4, 0.5) is 0 Å². The Morgan fingerprint density at radius 1 is 1.59 bits per heavy atom. The van der Waals surface area contributed by atoms with E-state index >= 15 is 0 Å². The number of H-pyrrole nitrogens is 1. The first kappa shape index (κ1) is 14.2. The van der Waals surface area contributed by atoms with E-state index in [1.165, 1.54) is 11.8 Å². The van der Waals surface area contributed by atoms with E-state index in [-0.39, 0.29) is 11.3 Å². The van der Waals surface area contributed by atoms with Gasteiger partial charge < -0.3 is 4.98 Å². The van der Waals surface area contributed by atoms with Crippen LogP contribution in [0.1, 0.15) is 12.1 Å². The number of rotatable bonds is 6. The molecular formula is C7H11N3O4S3. The highest BCUT2D eigenvalue weighted by Crippen LogP contribution is 2.11. The molecule has 0 saturated heterocycles. The first-order valence-electron chi connectivity index (χ1n) is 4.44. The van der Waals surface area contributed by atoms with Gasteiger partial charge in [0.25, 0.3) is 10.2 Å². The molecule has 0 aliphatic heterocycles. The van der Waals surface area contributed by atoms with Crippen molar-refractivity contribution in [3.63, 3.8) is 0 Å². The topological polar surface area (TPSA) is 122 Å². The number of amides is 1. The van der Waals surface area contributed by atoms with Gasteiger partial charge in [0.2, 0.25) is 5.91 Å². The third-order valence-electron chi connectivity index (χ3n) is 1.56. The van der Waals surface area contributed by atoms with Gasteiger partial charge in [0.05, 0.1) is 0 Å². The van der Waals surface area contributed by atoms with Crippen molar-refractivity contribution in [3.8, 4) is 0 Å². The molecule has 0 unspecified atom stereocenters. The summed E-state index contributed by atoms with van der Waals surface area (Å²) in [5.74, 6) is 0.375. The van der Waals surface area contributed by atoms with Crippen molar-refractivity contribution in [2.24, 2.45) is 5.14 Å². The fourth-order valence-electron chi connectivity index (χ4n) is 0.941. The maximum Gasteiger partial charge on any atom is 0.304 e. The van der Waals surface area contributed by atoms with Gasteiger partial charge in [0.1, 0.15) is 0 Å². The summed E-state index contributed by atoms with van der Waals surface area (Å²) < 4.78 is 22.7. The van der Waals surface area contributed by atoms with Gasteiger partial charge in [-0.25, -0.2) is 9.86 Å². The van der Waals surface area contributed by atoms with Crippen LogP contribution in [0.2, 0.25) is 0 Å². The summed E-state index contributed by atoms with van der Waals surface area (Å²) >= 11 is 2.49. The van der Waals surface area contributed by atoms with Crippen LogP contribution in [-0.2, 0) is 20.8 Å². The highest BCUT2D eigenvalue weighted by atomic mass is 32.2. The van der Waals surface area contributed by atoms with Gasteiger partial charge in [-0.3, -0.25) is 9.59 Å². The van der Waals surface area contributed by atoms with Crippen LogP contribution in [0, 0.1) is 0 Å². The number of nitrogens with two attached hydrogens (primary N) is 1. The molecule has 1 aromatic rings. The molecule has 4 N–H and O–H groups in total. The van der Waals surface area contributed by atoms with E-state index in [2.05, 4.69) is 10.1 Å². The first-order valence-corrected chi connectivity index (χ1v) is 8.03.